The molecule has 2 nitrogen and oxygen atoms in total. The fourth-order valence-electron chi connectivity index (χ4n) is 1.99. The van der Waals surface area contributed by atoms with Crippen LogP contribution in [0.1, 0.15) is 16.7 Å². The molecule has 0 fully saturated rings. The number of hydrogen-bond donors (Lipinski definition) is 1. The van der Waals surface area contributed by atoms with Crippen LogP contribution in [0, 0.1) is 19.7 Å². The molecule has 2 rings (SSSR count). The summed E-state index contributed by atoms with van der Waals surface area (Å²) in [6.07, 6.45) is 0. The van der Waals surface area contributed by atoms with Crippen LogP contribution in [0.3, 0.4) is 0 Å². The Morgan fingerprint density at radius 1 is 1.11 bits per heavy atom. The maximum absolute atomic E-state index is 13.5. The van der Waals surface area contributed by atoms with Gasteiger partial charge in [0.2, 0.25) is 0 Å². The van der Waals surface area contributed by atoms with Crippen LogP contribution in [0.4, 0.5) is 4.39 Å². The summed E-state index contributed by atoms with van der Waals surface area (Å²) in [5, 5.41) is 0. The molecule has 0 unspecified atom stereocenters. The average Bonchev–Trinajstić information content (AvgIpc) is 2.32. The Hall–Kier alpha value is -1.58. The summed E-state index contributed by atoms with van der Waals surface area (Å²) in [5.74, 6) is 0.500. The van der Waals surface area contributed by atoms with Crippen molar-refractivity contribution in [3.05, 3.63) is 58.9 Å². The van der Waals surface area contributed by atoms with Crippen molar-refractivity contribution >= 4 is 12.4 Å². The molecule has 0 saturated heterocycles. The molecule has 102 valence electrons. The SMILES string of the molecule is Cc1cc(Oc2ccccc2F)cc(C)c1CN.Cl. The summed E-state index contributed by atoms with van der Waals surface area (Å²) in [5.41, 5.74) is 8.90. The molecule has 2 N–H and O–H groups in total. The molecule has 0 aliphatic rings. The molecule has 2 aromatic carbocycles. The second kappa shape index (κ2) is 6.55. The Labute approximate surface area is 118 Å². The van der Waals surface area contributed by atoms with E-state index in [1.54, 1.807) is 18.2 Å². The van der Waals surface area contributed by atoms with Crippen molar-refractivity contribution in [3.63, 3.8) is 0 Å². The van der Waals surface area contributed by atoms with Gasteiger partial charge >= 0.3 is 0 Å². The van der Waals surface area contributed by atoms with Gasteiger partial charge in [-0.1, -0.05) is 12.1 Å². The second-order valence-electron chi connectivity index (χ2n) is 4.27. The van der Waals surface area contributed by atoms with Crippen LogP contribution in [-0.4, -0.2) is 0 Å². The van der Waals surface area contributed by atoms with Crippen molar-refractivity contribution < 1.29 is 9.13 Å². The Bertz CT molecular complexity index is 549. The number of aryl methyl sites for hydroxylation is 2. The molecule has 0 atom stereocenters. The minimum Gasteiger partial charge on any atom is -0.454 e. The van der Waals surface area contributed by atoms with Crippen molar-refractivity contribution in [1.82, 2.24) is 0 Å². The first-order chi connectivity index (χ1) is 8.61. The van der Waals surface area contributed by atoms with E-state index in [0.29, 0.717) is 12.3 Å². The van der Waals surface area contributed by atoms with Gasteiger partial charge in [0.05, 0.1) is 0 Å². The number of hydrogen-bond acceptors (Lipinski definition) is 2. The van der Waals surface area contributed by atoms with E-state index in [9.17, 15) is 4.39 Å². The van der Waals surface area contributed by atoms with E-state index in [4.69, 9.17) is 10.5 Å². The van der Waals surface area contributed by atoms with Crippen molar-refractivity contribution in [3.8, 4) is 11.5 Å². The maximum atomic E-state index is 13.5. The highest BCUT2D eigenvalue weighted by molar-refractivity contribution is 5.85. The van der Waals surface area contributed by atoms with Gasteiger partial charge in [-0.05, 0) is 54.8 Å². The molecule has 0 bridgehead atoms. The van der Waals surface area contributed by atoms with E-state index in [2.05, 4.69) is 0 Å². The van der Waals surface area contributed by atoms with Crippen LogP contribution in [-0.2, 0) is 6.54 Å². The zero-order valence-electron chi connectivity index (χ0n) is 10.9. The van der Waals surface area contributed by atoms with Crippen molar-refractivity contribution in [2.75, 3.05) is 0 Å². The van der Waals surface area contributed by atoms with E-state index in [1.165, 1.54) is 6.07 Å². The van der Waals surface area contributed by atoms with Crippen LogP contribution in [0.5, 0.6) is 11.5 Å². The first-order valence-corrected chi connectivity index (χ1v) is 5.84. The lowest BCUT2D eigenvalue weighted by Gasteiger charge is -2.12. The number of nitrogens with two attached hydrogens (primary N) is 1. The van der Waals surface area contributed by atoms with Crippen LogP contribution < -0.4 is 10.5 Å². The number of benzene rings is 2. The minimum atomic E-state index is -0.365. The summed E-state index contributed by atoms with van der Waals surface area (Å²) >= 11 is 0. The normalized spacial score (nSPS) is 9.89. The van der Waals surface area contributed by atoms with Crippen LogP contribution in [0.2, 0.25) is 0 Å². The first kappa shape index (κ1) is 15.5. The number of halogens is 2. The molecule has 19 heavy (non-hydrogen) atoms. The molecule has 0 aromatic heterocycles. The quantitative estimate of drug-likeness (QED) is 0.919. The van der Waals surface area contributed by atoms with Crippen LogP contribution in [0.15, 0.2) is 36.4 Å². The van der Waals surface area contributed by atoms with Gasteiger partial charge in [0.25, 0.3) is 0 Å². The molecule has 2 aromatic rings. The van der Waals surface area contributed by atoms with Crippen molar-refractivity contribution in [2.24, 2.45) is 5.73 Å². The van der Waals surface area contributed by atoms with E-state index < -0.39 is 0 Å². The standard InChI is InChI=1S/C15H16FNO.ClH/c1-10-7-12(8-11(2)13(10)9-17)18-15-6-4-3-5-14(15)16;/h3-8H,9,17H2,1-2H3;1H. The van der Waals surface area contributed by atoms with Gasteiger partial charge in [0.1, 0.15) is 5.75 Å². The Morgan fingerprint density at radius 3 is 2.21 bits per heavy atom. The smallest absolute Gasteiger partial charge is 0.165 e. The van der Waals surface area contributed by atoms with E-state index >= 15 is 0 Å². The summed E-state index contributed by atoms with van der Waals surface area (Å²) < 4.78 is 19.0. The average molecular weight is 282 g/mol. The Morgan fingerprint density at radius 2 is 1.68 bits per heavy atom. The lowest BCUT2D eigenvalue weighted by molar-refractivity contribution is 0.441. The van der Waals surface area contributed by atoms with Gasteiger partial charge in [-0.3, -0.25) is 0 Å². The molecular weight excluding hydrogens is 265 g/mol. The summed E-state index contributed by atoms with van der Waals surface area (Å²) in [6.45, 7) is 4.45. The van der Waals surface area contributed by atoms with Gasteiger partial charge in [0, 0.05) is 6.54 Å². The molecule has 0 aliphatic heterocycles. The molecule has 0 amide bonds. The van der Waals surface area contributed by atoms with Crippen molar-refractivity contribution in [2.45, 2.75) is 20.4 Å². The van der Waals surface area contributed by atoms with Gasteiger partial charge in [-0.15, -0.1) is 12.4 Å². The van der Waals surface area contributed by atoms with E-state index in [-0.39, 0.29) is 24.0 Å². The molecule has 4 heteroatoms. The zero-order chi connectivity index (χ0) is 13.1. The predicted molar refractivity (Wildman–Crippen MR) is 77.5 cm³/mol. The van der Waals surface area contributed by atoms with Gasteiger partial charge in [-0.2, -0.15) is 0 Å². The van der Waals surface area contributed by atoms with Crippen LogP contribution >= 0.6 is 12.4 Å². The fourth-order valence-corrected chi connectivity index (χ4v) is 1.99. The van der Waals surface area contributed by atoms with E-state index in [0.717, 1.165) is 16.7 Å². The summed E-state index contributed by atoms with van der Waals surface area (Å²) in [7, 11) is 0. The zero-order valence-corrected chi connectivity index (χ0v) is 11.8. The molecule has 0 aliphatic carbocycles. The fraction of sp³-hybridized carbons (Fsp3) is 0.200. The summed E-state index contributed by atoms with van der Waals surface area (Å²) in [6, 6.07) is 10.1. The molecular formula is C15H17ClFNO. The maximum Gasteiger partial charge on any atom is 0.165 e. The molecule has 0 saturated carbocycles. The third kappa shape index (κ3) is 3.46. The lowest BCUT2D eigenvalue weighted by Crippen LogP contribution is -2.02. The first-order valence-electron chi connectivity index (χ1n) is 5.84. The summed E-state index contributed by atoms with van der Waals surface area (Å²) in [4.78, 5) is 0. The highest BCUT2D eigenvalue weighted by Crippen LogP contribution is 2.27. The number of ether oxygens (including phenoxy) is 1. The largest absolute Gasteiger partial charge is 0.454 e. The Balaban J connectivity index is 0.00000180. The minimum absolute atomic E-state index is 0. The third-order valence-electron chi connectivity index (χ3n) is 2.94. The Kier molecular flexibility index (Phi) is 5.33. The van der Waals surface area contributed by atoms with Gasteiger partial charge in [-0.25, -0.2) is 4.39 Å². The number of rotatable bonds is 3. The number of para-hydroxylation sites is 1. The van der Waals surface area contributed by atoms with Crippen LogP contribution in [0.25, 0.3) is 0 Å². The lowest BCUT2D eigenvalue weighted by atomic mass is 10.0. The predicted octanol–water partition coefficient (Wildman–Crippen LogP) is 4.12. The molecule has 0 spiro atoms. The van der Waals surface area contributed by atoms with E-state index in [1.807, 2.05) is 26.0 Å². The van der Waals surface area contributed by atoms with Crippen molar-refractivity contribution in [1.29, 1.82) is 0 Å². The second-order valence-corrected chi connectivity index (χ2v) is 4.27. The monoisotopic (exact) mass is 281 g/mol. The molecule has 0 heterocycles. The van der Waals surface area contributed by atoms with Gasteiger partial charge in [0.15, 0.2) is 11.6 Å². The van der Waals surface area contributed by atoms with Gasteiger partial charge < -0.3 is 10.5 Å². The highest BCUT2D eigenvalue weighted by atomic mass is 35.5. The topological polar surface area (TPSA) is 35.2 Å². The third-order valence-corrected chi connectivity index (χ3v) is 2.94. The molecule has 0 radical (unpaired) electrons. The highest BCUT2D eigenvalue weighted by Gasteiger charge is 2.07.